The molecule has 1 aliphatic carbocycles. The number of fused-ring (bicyclic) bond motifs is 1. The van der Waals surface area contributed by atoms with Crippen molar-refractivity contribution in [3.05, 3.63) is 41.1 Å². The lowest BCUT2D eigenvalue weighted by Crippen LogP contribution is -2.31. The van der Waals surface area contributed by atoms with Crippen molar-refractivity contribution in [1.82, 2.24) is 14.8 Å². The molecule has 4 rings (SSSR count). The number of phenols is 1. The van der Waals surface area contributed by atoms with Crippen LogP contribution in [0, 0.1) is 0 Å². The molecule has 0 radical (unpaired) electrons. The van der Waals surface area contributed by atoms with Crippen LogP contribution in [0.1, 0.15) is 30.9 Å². The van der Waals surface area contributed by atoms with Crippen molar-refractivity contribution < 1.29 is 9.90 Å². The van der Waals surface area contributed by atoms with Crippen LogP contribution >= 0.6 is 11.8 Å². The number of nitrogens with one attached hydrogen (secondary N) is 1. The maximum Gasteiger partial charge on any atom is 0.227 e. The normalized spacial score (nSPS) is 20.0. The fourth-order valence-corrected chi connectivity index (χ4v) is 3.57. The highest BCUT2D eigenvalue weighted by atomic mass is 32.2. The summed E-state index contributed by atoms with van der Waals surface area (Å²) in [4.78, 5) is 17.0. The second-order valence-electron chi connectivity index (χ2n) is 5.66. The second-order valence-corrected chi connectivity index (χ2v) is 6.43. The summed E-state index contributed by atoms with van der Waals surface area (Å²) in [6.45, 7) is 0. The summed E-state index contributed by atoms with van der Waals surface area (Å²) in [7, 11) is 0. The molecule has 0 bridgehead atoms. The Labute approximate surface area is 137 Å². The third kappa shape index (κ3) is 2.31. The lowest BCUT2D eigenvalue weighted by Gasteiger charge is -2.32. The minimum Gasteiger partial charge on any atom is -0.508 e. The van der Waals surface area contributed by atoms with Crippen LogP contribution in [0.3, 0.4) is 0 Å². The Bertz CT molecular complexity index is 827. The number of aromatic nitrogens is 3. The summed E-state index contributed by atoms with van der Waals surface area (Å²) in [5, 5.41) is 18.3. The number of rotatable bonds is 2. The molecule has 0 unspecified atom stereocenters. The van der Waals surface area contributed by atoms with Crippen LogP contribution in [0.2, 0.25) is 0 Å². The van der Waals surface area contributed by atoms with E-state index in [9.17, 15) is 9.90 Å². The molecule has 2 aromatic rings. The number of hydrogen-bond acceptors (Lipinski definition) is 6. The Morgan fingerprint density at radius 1 is 1.39 bits per heavy atom. The minimum atomic E-state index is -0.338. The highest BCUT2D eigenvalue weighted by molar-refractivity contribution is 7.98. The van der Waals surface area contributed by atoms with Crippen molar-refractivity contribution in [3.63, 3.8) is 0 Å². The minimum absolute atomic E-state index is 0.138. The molecule has 0 saturated carbocycles. The van der Waals surface area contributed by atoms with Crippen LogP contribution in [-0.2, 0) is 4.79 Å². The number of hydrogen-bond donors (Lipinski definition) is 2. The van der Waals surface area contributed by atoms with Crippen LogP contribution in [0.25, 0.3) is 0 Å². The maximum absolute atomic E-state index is 12.6. The molecule has 1 aromatic carbocycles. The first kappa shape index (κ1) is 14.3. The van der Waals surface area contributed by atoms with Crippen molar-refractivity contribution in [3.8, 4) is 5.75 Å². The van der Waals surface area contributed by atoms with Gasteiger partial charge in [0.25, 0.3) is 0 Å². The number of phenolic OH excluding ortho intramolecular Hbond substituents is 1. The van der Waals surface area contributed by atoms with Gasteiger partial charge >= 0.3 is 0 Å². The Morgan fingerprint density at radius 3 is 3.04 bits per heavy atom. The molecule has 23 heavy (non-hydrogen) atoms. The zero-order valence-corrected chi connectivity index (χ0v) is 13.4. The average molecular weight is 328 g/mol. The van der Waals surface area contributed by atoms with Crippen LogP contribution in [0.15, 0.2) is 40.7 Å². The topological polar surface area (TPSA) is 80.0 Å². The fraction of sp³-hybridized carbons (Fsp3) is 0.312. The van der Waals surface area contributed by atoms with Gasteiger partial charge in [0.2, 0.25) is 11.1 Å². The smallest absolute Gasteiger partial charge is 0.227 e. The monoisotopic (exact) mass is 328 g/mol. The first-order valence-electron chi connectivity index (χ1n) is 7.50. The van der Waals surface area contributed by atoms with E-state index < -0.39 is 0 Å². The van der Waals surface area contributed by atoms with E-state index in [1.807, 2.05) is 12.3 Å². The van der Waals surface area contributed by atoms with Gasteiger partial charge in [-0.3, -0.25) is 4.79 Å². The highest BCUT2D eigenvalue weighted by Crippen LogP contribution is 2.40. The van der Waals surface area contributed by atoms with Gasteiger partial charge in [0.05, 0.1) is 0 Å². The van der Waals surface area contributed by atoms with Crippen molar-refractivity contribution in [1.29, 1.82) is 0 Å². The summed E-state index contributed by atoms with van der Waals surface area (Å²) in [5.74, 6) is 0.966. The summed E-state index contributed by atoms with van der Waals surface area (Å²) in [5.41, 5.74) is 2.52. The average Bonchev–Trinajstić information content (AvgIpc) is 2.96. The molecule has 1 aromatic heterocycles. The second kappa shape index (κ2) is 5.42. The Balaban J connectivity index is 1.92. The number of aromatic hydroxyl groups is 1. The molecule has 1 atom stereocenters. The third-order valence-corrected chi connectivity index (χ3v) is 4.76. The third-order valence-electron chi connectivity index (χ3n) is 4.22. The maximum atomic E-state index is 12.6. The number of anilines is 1. The molecule has 0 fully saturated rings. The largest absolute Gasteiger partial charge is 0.508 e. The van der Waals surface area contributed by atoms with Gasteiger partial charge in [-0.25, -0.2) is 4.68 Å². The molecular weight excluding hydrogens is 312 g/mol. The molecule has 7 heteroatoms. The number of benzene rings is 1. The number of thioether (sulfide) groups is 1. The van der Waals surface area contributed by atoms with Gasteiger partial charge in [-0.2, -0.15) is 4.98 Å². The first-order chi connectivity index (χ1) is 11.2. The summed E-state index contributed by atoms with van der Waals surface area (Å²) in [6, 6.07) is 6.67. The summed E-state index contributed by atoms with van der Waals surface area (Å²) < 4.78 is 1.75. The number of ketones is 1. The summed E-state index contributed by atoms with van der Waals surface area (Å²) >= 11 is 1.46. The zero-order chi connectivity index (χ0) is 16.0. The number of carbonyl (C=O) groups is 1. The molecule has 6 nitrogen and oxygen atoms in total. The molecule has 0 saturated heterocycles. The molecule has 1 aliphatic heterocycles. The first-order valence-corrected chi connectivity index (χ1v) is 8.72. The Hall–Kier alpha value is -2.28. The van der Waals surface area contributed by atoms with Crippen molar-refractivity contribution >= 4 is 23.5 Å². The van der Waals surface area contributed by atoms with E-state index in [-0.39, 0.29) is 17.6 Å². The van der Waals surface area contributed by atoms with Gasteiger partial charge in [-0.1, -0.05) is 23.9 Å². The van der Waals surface area contributed by atoms with Gasteiger partial charge in [0.15, 0.2) is 5.78 Å². The van der Waals surface area contributed by atoms with Crippen molar-refractivity contribution in [2.45, 2.75) is 30.5 Å². The Morgan fingerprint density at radius 2 is 2.26 bits per heavy atom. The molecule has 0 spiro atoms. The number of carbonyl (C=O) groups excluding carboxylic acids is 1. The molecule has 2 heterocycles. The van der Waals surface area contributed by atoms with Crippen LogP contribution in [0.4, 0.5) is 5.95 Å². The van der Waals surface area contributed by atoms with E-state index in [0.717, 1.165) is 29.7 Å². The van der Waals surface area contributed by atoms with Gasteiger partial charge in [-0.05, 0) is 36.8 Å². The van der Waals surface area contributed by atoms with Crippen LogP contribution < -0.4 is 5.32 Å². The lowest BCUT2D eigenvalue weighted by atomic mass is 9.85. The van der Waals surface area contributed by atoms with Crippen molar-refractivity contribution in [2.75, 3.05) is 11.6 Å². The Kier molecular flexibility index (Phi) is 3.37. The number of allylic oxidation sites excluding steroid dienone is 2. The number of nitrogens with zero attached hydrogens (tertiary/aromatic N) is 3. The molecular formula is C16H16N4O2S. The van der Waals surface area contributed by atoms with Crippen molar-refractivity contribution in [2.24, 2.45) is 0 Å². The van der Waals surface area contributed by atoms with Gasteiger partial charge < -0.3 is 10.4 Å². The molecule has 2 aliphatic rings. The number of Topliss-reactive ketones (excluding diaryl/α,β-unsaturated/α-hetero) is 1. The molecule has 2 N–H and O–H groups in total. The molecule has 118 valence electrons. The van der Waals surface area contributed by atoms with E-state index in [0.29, 0.717) is 17.5 Å². The van der Waals surface area contributed by atoms with Crippen LogP contribution in [0.5, 0.6) is 5.75 Å². The van der Waals surface area contributed by atoms with Crippen LogP contribution in [-0.4, -0.2) is 31.9 Å². The standard InChI is InChI=1S/C16H16N4O2S/c1-23-16-18-15-17-11-6-3-7-12(22)13(11)14(20(15)19-16)9-4-2-5-10(21)8-9/h2,4-5,8,14,21H,3,6-7H2,1H3,(H,17,18,19)/t14-/m0/s1. The predicted octanol–water partition coefficient (Wildman–Crippen LogP) is 2.73. The van der Waals surface area contributed by atoms with Gasteiger partial charge in [0, 0.05) is 17.7 Å². The van der Waals surface area contributed by atoms with E-state index in [2.05, 4.69) is 15.4 Å². The van der Waals surface area contributed by atoms with E-state index in [1.165, 1.54) is 11.8 Å². The molecule has 0 amide bonds. The zero-order valence-electron chi connectivity index (χ0n) is 12.6. The van der Waals surface area contributed by atoms with E-state index in [4.69, 9.17) is 0 Å². The quantitative estimate of drug-likeness (QED) is 0.825. The SMILES string of the molecule is CSc1nc2n(n1)[C@@H](c1cccc(O)c1)C1=C(CCCC1=O)N2. The van der Waals surface area contributed by atoms with Gasteiger partial charge in [-0.15, -0.1) is 5.10 Å². The summed E-state index contributed by atoms with van der Waals surface area (Å²) in [6.07, 6.45) is 4.15. The fourth-order valence-electron chi connectivity index (χ4n) is 3.23. The highest BCUT2D eigenvalue weighted by Gasteiger charge is 2.36. The van der Waals surface area contributed by atoms with E-state index >= 15 is 0 Å². The van der Waals surface area contributed by atoms with Gasteiger partial charge in [0.1, 0.15) is 11.8 Å². The lowest BCUT2D eigenvalue weighted by molar-refractivity contribution is -0.116. The predicted molar refractivity (Wildman–Crippen MR) is 87.6 cm³/mol. The van der Waals surface area contributed by atoms with E-state index in [1.54, 1.807) is 22.9 Å².